The van der Waals surface area contributed by atoms with Crippen molar-refractivity contribution in [2.75, 3.05) is 11.5 Å². The number of carbonyl (C=O) groups is 1. The van der Waals surface area contributed by atoms with Gasteiger partial charge in [0.2, 0.25) is 5.12 Å². The molecular weight excluding hydrogens is 186 g/mol. The van der Waals surface area contributed by atoms with Crippen molar-refractivity contribution < 1.29 is 9.90 Å². The van der Waals surface area contributed by atoms with Crippen molar-refractivity contribution in [1.82, 2.24) is 0 Å². The van der Waals surface area contributed by atoms with Crippen molar-refractivity contribution in [3.05, 3.63) is 23.8 Å². The fraction of sp³-hybridized carbons (Fsp3) is 0.222. The largest absolute Gasteiger partial charge is 0.507 e. The molecule has 0 aromatic heterocycles. The fourth-order valence-electron chi connectivity index (χ4n) is 0.930. The summed E-state index contributed by atoms with van der Waals surface area (Å²) < 4.78 is 0. The summed E-state index contributed by atoms with van der Waals surface area (Å²) in [6, 6.07) is 4.52. The summed E-state index contributed by atoms with van der Waals surface area (Å²) in [5.41, 5.74) is 6.20. The summed E-state index contributed by atoms with van der Waals surface area (Å²) in [5.74, 6) is 0.647. The van der Waals surface area contributed by atoms with Gasteiger partial charge >= 0.3 is 0 Å². The Bertz CT molecular complexity index is 325. The van der Waals surface area contributed by atoms with Crippen molar-refractivity contribution in [1.29, 1.82) is 0 Å². The van der Waals surface area contributed by atoms with Gasteiger partial charge in [-0.15, -0.1) is 0 Å². The molecular formula is C9H11NO2S. The van der Waals surface area contributed by atoms with Gasteiger partial charge in [-0.1, -0.05) is 18.7 Å². The zero-order chi connectivity index (χ0) is 9.84. The SMILES string of the molecule is CCSC(=O)c1ccc(N)cc1O. The molecule has 0 amide bonds. The first-order valence-corrected chi connectivity index (χ1v) is 4.89. The molecule has 0 spiro atoms. The average Bonchev–Trinajstić information content (AvgIpc) is 2.04. The van der Waals surface area contributed by atoms with Gasteiger partial charge in [0, 0.05) is 11.8 Å². The number of phenols is 1. The molecule has 0 aliphatic carbocycles. The van der Waals surface area contributed by atoms with Crippen LogP contribution in [0.2, 0.25) is 0 Å². The van der Waals surface area contributed by atoms with E-state index in [0.717, 1.165) is 11.8 Å². The summed E-state index contributed by atoms with van der Waals surface area (Å²) in [6.45, 7) is 1.89. The molecule has 1 rings (SSSR count). The Hall–Kier alpha value is -1.16. The highest BCUT2D eigenvalue weighted by Gasteiger charge is 2.10. The molecule has 3 nitrogen and oxygen atoms in total. The summed E-state index contributed by atoms with van der Waals surface area (Å²) in [6.07, 6.45) is 0. The third kappa shape index (κ3) is 2.39. The van der Waals surface area contributed by atoms with E-state index in [1.807, 2.05) is 6.92 Å². The summed E-state index contributed by atoms with van der Waals surface area (Å²) in [5, 5.41) is 9.25. The van der Waals surface area contributed by atoms with E-state index in [-0.39, 0.29) is 10.9 Å². The van der Waals surface area contributed by atoms with E-state index in [1.165, 1.54) is 12.1 Å². The van der Waals surface area contributed by atoms with E-state index in [0.29, 0.717) is 17.0 Å². The van der Waals surface area contributed by atoms with E-state index < -0.39 is 0 Å². The van der Waals surface area contributed by atoms with E-state index in [1.54, 1.807) is 6.07 Å². The summed E-state index contributed by atoms with van der Waals surface area (Å²) in [4.78, 5) is 11.3. The molecule has 0 saturated heterocycles. The molecule has 0 saturated carbocycles. The van der Waals surface area contributed by atoms with Gasteiger partial charge < -0.3 is 10.8 Å². The highest BCUT2D eigenvalue weighted by atomic mass is 32.2. The van der Waals surface area contributed by atoms with Gasteiger partial charge in [-0.25, -0.2) is 0 Å². The standard InChI is InChI=1S/C9H11NO2S/c1-2-13-9(12)7-4-3-6(10)5-8(7)11/h3-5,11H,2,10H2,1H3. The predicted octanol–water partition coefficient (Wildman–Crippen LogP) is 1.87. The van der Waals surface area contributed by atoms with Crippen molar-refractivity contribution in [3.8, 4) is 5.75 Å². The number of nitrogen functional groups attached to an aromatic ring is 1. The van der Waals surface area contributed by atoms with Crippen LogP contribution in [0.3, 0.4) is 0 Å². The molecule has 0 atom stereocenters. The lowest BCUT2D eigenvalue weighted by Gasteiger charge is -2.02. The molecule has 0 heterocycles. The highest BCUT2D eigenvalue weighted by Crippen LogP contribution is 2.24. The molecule has 0 aliphatic heterocycles. The maximum atomic E-state index is 11.3. The van der Waals surface area contributed by atoms with Gasteiger partial charge in [-0.05, 0) is 17.9 Å². The minimum atomic E-state index is -0.125. The van der Waals surface area contributed by atoms with Crippen molar-refractivity contribution in [2.45, 2.75) is 6.92 Å². The smallest absolute Gasteiger partial charge is 0.223 e. The van der Waals surface area contributed by atoms with Crippen LogP contribution in [-0.2, 0) is 0 Å². The second-order valence-electron chi connectivity index (χ2n) is 2.50. The Morgan fingerprint density at radius 2 is 2.31 bits per heavy atom. The molecule has 1 aromatic carbocycles. The highest BCUT2D eigenvalue weighted by molar-refractivity contribution is 8.14. The molecule has 70 valence electrons. The number of thioether (sulfide) groups is 1. The number of phenolic OH excluding ortho intramolecular Hbond substituents is 1. The van der Waals surface area contributed by atoms with E-state index >= 15 is 0 Å². The molecule has 0 aliphatic rings. The lowest BCUT2D eigenvalue weighted by Crippen LogP contribution is -1.95. The van der Waals surface area contributed by atoms with E-state index in [9.17, 15) is 9.90 Å². The number of aromatic hydroxyl groups is 1. The van der Waals surface area contributed by atoms with Crippen LogP contribution in [0, 0.1) is 0 Å². The second-order valence-corrected chi connectivity index (χ2v) is 3.73. The number of hydrogen-bond donors (Lipinski definition) is 2. The molecule has 13 heavy (non-hydrogen) atoms. The maximum absolute atomic E-state index is 11.3. The van der Waals surface area contributed by atoms with Gasteiger partial charge in [0.05, 0.1) is 5.56 Å². The monoisotopic (exact) mass is 197 g/mol. The van der Waals surface area contributed by atoms with Crippen LogP contribution in [-0.4, -0.2) is 16.0 Å². The third-order valence-corrected chi connectivity index (χ3v) is 2.29. The number of benzene rings is 1. The van der Waals surface area contributed by atoms with Crippen LogP contribution >= 0.6 is 11.8 Å². The predicted molar refractivity (Wildman–Crippen MR) is 55.0 cm³/mol. The number of rotatable bonds is 2. The molecule has 0 fully saturated rings. The Kier molecular flexibility index (Phi) is 3.19. The van der Waals surface area contributed by atoms with E-state index in [4.69, 9.17) is 5.73 Å². The average molecular weight is 197 g/mol. The molecule has 0 radical (unpaired) electrons. The molecule has 0 bridgehead atoms. The van der Waals surface area contributed by atoms with Crippen LogP contribution < -0.4 is 5.73 Å². The topological polar surface area (TPSA) is 63.3 Å². The number of anilines is 1. The second kappa shape index (κ2) is 4.18. The first-order chi connectivity index (χ1) is 6.15. The van der Waals surface area contributed by atoms with Crippen LogP contribution in [0.25, 0.3) is 0 Å². The summed E-state index contributed by atoms with van der Waals surface area (Å²) >= 11 is 1.16. The molecule has 4 heteroatoms. The lowest BCUT2D eigenvalue weighted by molar-refractivity contribution is 0.108. The van der Waals surface area contributed by atoms with Gasteiger partial charge in [0.25, 0.3) is 0 Å². The first-order valence-electron chi connectivity index (χ1n) is 3.90. The minimum absolute atomic E-state index is 0.0500. The number of carbonyl (C=O) groups excluding carboxylic acids is 1. The Balaban J connectivity index is 2.95. The fourth-order valence-corrected chi connectivity index (χ4v) is 1.52. The van der Waals surface area contributed by atoms with E-state index in [2.05, 4.69) is 0 Å². The van der Waals surface area contributed by atoms with Crippen LogP contribution in [0.4, 0.5) is 5.69 Å². The quantitative estimate of drug-likeness (QED) is 0.710. The number of nitrogens with two attached hydrogens (primary N) is 1. The van der Waals surface area contributed by atoms with Crippen LogP contribution in [0.5, 0.6) is 5.75 Å². The van der Waals surface area contributed by atoms with Crippen molar-refractivity contribution in [2.24, 2.45) is 0 Å². The maximum Gasteiger partial charge on any atom is 0.223 e. The van der Waals surface area contributed by atoms with Gasteiger partial charge in [0.1, 0.15) is 5.75 Å². The van der Waals surface area contributed by atoms with Crippen LogP contribution in [0.1, 0.15) is 17.3 Å². The van der Waals surface area contributed by atoms with Gasteiger partial charge in [-0.2, -0.15) is 0 Å². The van der Waals surface area contributed by atoms with Crippen LogP contribution in [0.15, 0.2) is 18.2 Å². The summed E-state index contributed by atoms with van der Waals surface area (Å²) in [7, 11) is 0. The normalized spacial score (nSPS) is 9.92. The number of hydrogen-bond acceptors (Lipinski definition) is 4. The van der Waals surface area contributed by atoms with Crippen molar-refractivity contribution >= 4 is 22.6 Å². The third-order valence-electron chi connectivity index (χ3n) is 1.52. The van der Waals surface area contributed by atoms with Gasteiger partial charge in [-0.3, -0.25) is 4.79 Å². The zero-order valence-corrected chi connectivity index (χ0v) is 8.10. The molecule has 0 unspecified atom stereocenters. The Morgan fingerprint density at radius 1 is 1.62 bits per heavy atom. The lowest BCUT2D eigenvalue weighted by atomic mass is 10.2. The molecule has 1 aromatic rings. The van der Waals surface area contributed by atoms with Crippen molar-refractivity contribution in [3.63, 3.8) is 0 Å². The first kappa shape index (κ1) is 9.92. The minimum Gasteiger partial charge on any atom is -0.507 e. The Morgan fingerprint density at radius 3 is 2.85 bits per heavy atom. The molecule has 3 N–H and O–H groups in total. The zero-order valence-electron chi connectivity index (χ0n) is 7.28. The van der Waals surface area contributed by atoms with Gasteiger partial charge in [0.15, 0.2) is 0 Å². The Labute approximate surface area is 80.9 Å².